The predicted octanol–water partition coefficient (Wildman–Crippen LogP) is 1.47. The van der Waals surface area contributed by atoms with Gasteiger partial charge in [-0.15, -0.1) is 0 Å². The summed E-state index contributed by atoms with van der Waals surface area (Å²) >= 11 is 1.44. The highest BCUT2D eigenvalue weighted by Crippen LogP contribution is 2.32. The minimum Gasteiger partial charge on any atom is -0.348 e. The van der Waals surface area contributed by atoms with Crippen molar-refractivity contribution in [1.29, 1.82) is 0 Å². The van der Waals surface area contributed by atoms with Gasteiger partial charge in [0.05, 0.1) is 5.69 Å². The molecule has 0 radical (unpaired) electrons. The highest BCUT2D eigenvalue weighted by atomic mass is 32.1. The molecule has 1 aliphatic heterocycles. The van der Waals surface area contributed by atoms with Gasteiger partial charge < -0.3 is 4.90 Å². The zero-order valence-corrected chi connectivity index (χ0v) is 11.0. The van der Waals surface area contributed by atoms with E-state index in [1.165, 1.54) is 24.2 Å². The fraction of sp³-hybridized carbons (Fsp3) is 0.636. The molecular weight excluding hydrogens is 236 g/mol. The van der Waals surface area contributed by atoms with E-state index < -0.39 is 0 Å². The Morgan fingerprint density at radius 2 is 2.12 bits per heavy atom. The van der Waals surface area contributed by atoms with Gasteiger partial charge in [-0.2, -0.15) is 0 Å². The normalized spacial score (nSPS) is 15.6. The topological polar surface area (TPSA) is 71.2 Å². The molecule has 1 fully saturated rings. The van der Waals surface area contributed by atoms with Crippen LogP contribution in [0.4, 0.5) is 5.13 Å². The molecule has 0 bridgehead atoms. The van der Waals surface area contributed by atoms with Crippen LogP contribution in [-0.2, 0) is 0 Å². The monoisotopic (exact) mass is 254 g/mol. The third-order valence-electron chi connectivity index (χ3n) is 2.90. The summed E-state index contributed by atoms with van der Waals surface area (Å²) in [5, 5.41) is 0.949. The van der Waals surface area contributed by atoms with Gasteiger partial charge in [-0.1, -0.05) is 25.2 Å². The average molecular weight is 254 g/mol. The molecule has 0 aliphatic carbocycles. The predicted molar refractivity (Wildman–Crippen MR) is 69.3 cm³/mol. The first-order valence-corrected chi connectivity index (χ1v) is 6.71. The van der Waals surface area contributed by atoms with Crippen LogP contribution >= 0.6 is 11.3 Å². The molecule has 1 aliphatic rings. The molecule has 1 amide bonds. The number of nitrogens with zero attached hydrogens (tertiary/aromatic N) is 2. The zero-order chi connectivity index (χ0) is 12.4. The van der Waals surface area contributed by atoms with Crippen LogP contribution < -0.4 is 16.2 Å². The standard InChI is InChI=1S/C11H18N4OS/c1-7(2)8-9(10(16)14-12)17-11(13-8)15-5-3-4-6-15/h7H,3-6,12H2,1-2H3,(H,14,16). The van der Waals surface area contributed by atoms with Gasteiger partial charge in [0.25, 0.3) is 5.91 Å². The van der Waals surface area contributed by atoms with E-state index in [4.69, 9.17) is 5.84 Å². The lowest BCUT2D eigenvalue weighted by molar-refractivity contribution is 0.0956. The summed E-state index contributed by atoms with van der Waals surface area (Å²) in [5.41, 5.74) is 3.04. The van der Waals surface area contributed by atoms with Gasteiger partial charge in [-0.05, 0) is 18.8 Å². The van der Waals surface area contributed by atoms with Crippen molar-refractivity contribution in [2.75, 3.05) is 18.0 Å². The Labute approximate surface area is 105 Å². The summed E-state index contributed by atoms with van der Waals surface area (Å²) < 4.78 is 0. The van der Waals surface area contributed by atoms with Gasteiger partial charge in [0, 0.05) is 13.1 Å². The van der Waals surface area contributed by atoms with E-state index >= 15 is 0 Å². The summed E-state index contributed by atoms with van der Waals surface area (Å²) in [6, 6.07) is 0. The number of amides is 1. The van der Waals surface area contributed by atoms with Crippen molar-refractivity contribution in [1.82, 2.24) is 10.4 Å². The largest absolute Gasteiger partial charge is 0.348 e. The molecular formula is C11H18N4OS. The Bertz CT molecular complexity index is 410. The average Bonchev–Trinajstić information content (AvgIpc) is 2.95. The first-order chi connectivity index (χ1) is 8.13. The lowest BCUT2D eigenvalue weighted by Gasteiger charge is -2.12. The minimum atomic E-state index is -0.239. The molecule has 1 saturated heterocycles. The van der Waals surface area contributed by atoms with E-state index in [0.717, 1.165) is 23.9 Å². The van der Waals surface area contributed by atoms with Crippen LogP contribution in [0, 0.1) is 0 Å². The molecule has 0 saturated carbocycles. The van der Waals surface area contributed by atoms with Crippen molar-refractivity contribution in [3.63, 3.8) is 0 Å². The van der Waals surface area contributed by atoms with Gasteiger partial charge >= 0.3 is 0 Å². The number of rotatable bonds is 3. The third-order valence-corrected chi connectivity index (χ3v) is 4.03. The Morgan fingerprint density at radius 1 is 1.47 bits per heavy atom. The quantitative estimate of drug-likeness (QED) is 0.487. The molecule has 2 heterocycles. The number of nitrogens with one attached hydrogen (secondary N) is 1. The van der Waals surface area contributed by atoms with Crippen LogP contribution in [0.3, 0.4) is 0 Å². The third kappa shape index (κ3) is 2.42. The SMILES string of the molecule is CC(C)c1nc(N2CCCC2)sc1C(=O)NN. The summed E-state index contributed by atoms with van der Waals surface area (Å²) in [7, 11) is 0. The van der Waals surface area contributed by atoms with E-state index in [1.54, 1.807) is 0 Å². The van der Waals surface area contributed by atoms with Crippen LogP contribution in [0.5, 0.6) is 0 Å². The van der Waals surface area contributed by atoms with Crippen molar-refractivity contribution in [3.05, 3.63) is 10.6 Å². The lowest BCUT2D eigenvalue weighted by atomic mass is 10.1. The molecule has 1 aromatic rings. The molecule has 0 unspecified atom stereocenters. The lowest BCUT2D eigenvalue weighted by Crippen LogP contribution is -2.30. The highest BCUT2D eigenvalue weighted by Gasteiger charge is 2.23. The molecule has 3 N–H and O–H groups in total. The van der Waals surface area contributed by atoms with Crippen molar-refractivity contribution >= 4 is 22.4 Å². The summed E-state index contributed by atoms with van der Waals surface area (Å²) in [6.07, 6.45) is 2.41. The number of hydrogen-bond donors (Lipinski definition) is 2. The second-order valence-corrected chi connectivity index (χ2v) is 5.51. The second-order valence-electron chi connectivity index (χ2n) is 4.53. The number of hydrazine groups is 1. The Kier molecular flexibility index (Phi) is 3.63. The van der Waals surface area contributed by atoms with Crippen LogP contribution in [-0.4, -0.2) is 24.0 Å². The van der Waals surface area contributed by atoms with Crippen LogP contribution in [0.2, 0.25) is 0 Å². The number of hydrogen-bond acceptors (Lipinski definition) is 5. The van der Waals surface area contributed by atoms with E-state index in [-0.39, 0.29) is 11.8 Å². The number of thiazole rings is 1. The summed E-state index contributed by atoms with van der Waals surface area (Å²) in [6.45, 7) is 6.15. The number of aromatic nitrogens is 1. The zero-order valence-electron chi connectivity index (χ0n) is 10.2. The smallest absolute Gasteiger partial charge is 0.277 e. The number of carbonyl (C=O) groups is 1. The molecule has 5 nitrogen and oxygen atoms in total. The van der Waals surface area contributed by atoms with Gasteiger partial charge in [-0.3, -0.25) is 10.2 Å². The van der Waals surface area contributed by atoms with Gasteiger partial charge in [0.1, 0.15) is 4.88 Å². The molecule has 0 atom stereocenters. The maximum atomic E-state index is 11.7. The van der Waals surface area contributed by atoms with Crippen LogP contribution in [0.25, 0.3) is 0 Å². The Balaban J connectivity index is 2.33. The van der Waals surface area contributed by atoms with E-state index in [1.807, 2.05) is 13.8 Å². The maximum Gasteiger partial charge on any atom is 0.277 e. The van der Waals surface area contributed by atoms with Gasteiger partial charge in [0.15, 0.2) is 5.13 Å². The second kappa shape index (κ2) is 5.01. The molecule has 0 spiro atoms. The van der Waals surface area contributed by atoms with Gasteiger partial charge in [-0.25, -0.2) is 10.8 Å². The highest BCUT2D eigenvalue weighted by molar-refractivity contribution is 7.17. The summed E-state index contributed by atoms with van der Waals surface area (Å²) in [5.74, 6) is 5.19. The maximum absolute atomic E-state index is 11.7. The van der Waals surface area contributed by atoms with E-state index in [0.29, 0.717) is 4.88 Å². The number of nitrogens with two attached hydrogens (primary N) is 1. The first kappa shape index (κ1) is 12.3. The van der Waals surface area contributed by atoms with Crippen LogP contribution in [0.15, 0.2) is 0 Å². The molecule has 94 valence electrons. The number of carbonyl (C=O) groups excluding carboxylic acids is 1. The van der Waals surface area contributed by atoms with Crippen molar-refractivity contribution < 1.29 is 4.79 Å². The van der Waals surface area contributed by atoms with E-state index in [2.05, 4.69) is 15.3 Å². The molecule has 1 aromatic heterocycles. The Hall–Kier alpha value is -1.14. The molecule has 6 heteroatoms. The number of nitrogen functional groups attached to an aromatic ring is 1. The fourth-order valence-electron chi connectivity index (χ4n) is 1.98. The van der Waals surface area contributed by atoms with Gasteiger partial charge in [0.2, 0.25) is 0 Å². The molecule has 17 heavy (non-hydrogen) atoms. The molecule has 2 rings (SSSR count). The Morgan fingerprint density at radius 3 is 2.65 bits per heavy atom. The van der Waals surface area contributed by atoms with Crippen molar-refractivity contribution in [3.8, 4) is 0 Å². The summed E-state index contributed by atoms with van der Waals surface area (Å²) in [4.78, 5) is 19.2. The van der Waals surface area contributed by atoms with E-state index in [9.17, 15) is 4.79 Å². The number of anilines is 1. The van der Waals surface area contributed by atoms with Crippen LogP contribution in [0.1, 0.15) is 48.0 Å². The molecule has 0 aromatic carbocycles. The minimum absolute atomic E-state index is 0.231. The van der Waals surface area contributed by atoms with Crippen molar-refractivity contribution in [2.45, 2.75) is 32.6 Å². The fourth-order valence-corrected chi connectivity index (χ4v) is 3.16. The van der Waals surface area contributed by atoms with Crippen molar-refractivity contribution in [2.24, 2.45) is 5.84 Å². The first-order valence-electron chi connectivity index (χ1n) is 5.90.